The Morgan fingerprint density at radius 1 is 1.29 bits per heavy atom. The molecule has 0 radical (unpaired) electrons. The number of fused-ring (bicyclic) bond motifs is 1. The lowest BCUT2D eigenvalue weighted by atomic mass is 10.1. The van der Waals surface area contributed by atoms with E-state index >= 15 is 0 Å². The molecular weight excluding hydrogens is 295 g/mol. The van der Waals surface area contributed by atoms with Crippen LogP contribution in [0, 0.1) is 5.82 Å². The molecule has 0 aromatic heterocycles. The summed E-state index contributed by atoms with van der Waals surface area (Å²) in [6, 6.07) is 9.63. The zero-order valence-corrected chi connectivity index (χ0v) is 11.7. The molecule has 21 heavy (non-hydrogen) atoms. The van der Waals surface area contributed by atoms with Crippen molar-refractivity contribution in [1.82, 2.24) is 0 Å². The SMILES string of the molecule is O=C(Nc1cccc(Cl)c1F)c1cccc2c1OCCN2. The molecule has 0 saturated carbocycles. The molecule has 1 heterocycles. The lowest BCUT2D eigenvalue weighted by Gasteiger charge is -2.21. The molecule has 2 N–H and O–H groups in total. The van der Waals surface area contributed by atoms with Crippen LogP contribution in [0.2, 0.25) is 5.02 Å². The highest BCUT2D eigenvalue weighted by Crippen LogP contribution is 2.32. The van der Waals surface area contributed by atoms with Gasteiger partial charge in [-0.15, -0.1) is 0 Å². The summed E-state index contributed by atoms with van der Waals surface area (Å²) in [6.07, 6.45) is 0. The first kappa shape index (κ1) is 13.7. The van der Waals surface area contributed by atoms with Crippen LogP contribution in [0.4, 0.5) is 15.8 Å². The highest BCUT2D eigenvalue weighted by Gasteiger charge is 2.20. The van der Waals surface area contributed by atoms with E-state index in [4.69, 9.17) is 16.3 Å². The molecule has 3 rings (SSSR count). The second-order valence-electron chi connectivity index (χ2n) is 4.51. The number of ether oxygens (including phenoxy) is 1. The minimum Gasteiger partial charge on any atom is -0.489 e. The van der Waals surface area contributed by atoms with Crippen LogP contribution in [0.5, 0.6) is 5.75 Å². The number of carbonyl (C=O) groups excluding carboxylic acids is 1. The smallest absolute Gasteiger partial charge is 0.259 e. The van der Waals surface area contributed by atoms with Gasteiger partial charge in [-0.1, -0.05) is 23.7 Å². The number of hydrogen-bond acceptors (Lipinski definition) is 3. The topological polar surface area (TPSA) is 50.4 Å². The Bertz CT molecular complexity index is 706. The molecular formula is C15H12ClFN2O2. The Labute approximate surface area is 125 Å². The lowest BCUT2D eigenvalue weighted by molar-refractivity contribution is 0.102. The van der Waals surface area contributed by atoms with Gasteiger partial charge >= 0.3 is 0 Å². The van der Waals surface area contributed by atoms with E-state index in [2.05, 4.69) is 10.6 Å². The van der Waals surface area contributed by atoms with Crippen LogP contribution < -0.4 is 15.4 Å². The molecule has 4 nitrogen and oxygen atoms in total. The third-order valence-electron chi connectivity index (χ3n) is 3.12. The van der Waals surface area contributed by atoms with Crippen LogP contribution in [0.25, 0.3) is 0 Å². The number of rotatable bonds is 2. The van der Waals surface area contributed by atoms with Crippen LogP contribution >= 0.6 is 11.6 Å². The van der Waals surface area contributed by atoms with E-state index in [-0.39, 0.29) is 10.7 Å². The molecule has 2 aromatic rings. The molecule has 0 aliphatic carbocycles. The minimum atomic E-state index is -0.656. The van der Waals surface area contributed by atoms with Crippen molar-refractivity contribution in [2.45, 2.75) is 0 Å². The van der Waals surface area contributed by atoms with Gasteiger partial charge in [-0.3, -0.25) is 4.79 Å². The minimum absolute atomic E-state index is 0.0360. The number of hydrogen-bond donors (Lipinski definition) is 2. The summed E-state index contributed by atoms with van der Waals surface area (Å²) in [4.78, 5) is 12.3. The second kappa shape index (κ2) is 5.61. The first-order chi connectivity index (χ1) is 10.2. The summed E-state index contributed by atoms with van der Waals surface area (Å²) in [6.45, 7) is 1.16. The van der Waals surface area contributed by atoms with Gasteiger partial charge in [0.1, 0.15) is 6.61 Å². The number of nitrogens with one attached hydrogen (secondary N) is 2. The van der Waals surface area contributed by atoms with Crippen LogP contribution in [0.1, 0.15) is 10.4 Å². The quantitative estimate of drug-likeness (QED) is 0.892. The highest BCUT2D eigenvalue weighted by molar-refractivity contribution is 6.31. The fourth-order valence-corrected chi connectivity index (χ4v) is 2.31. The van der Waals surface area contributed by atoms with Gasteiger partial charge in [-0.2, -0.15) is 0 Å². The van der Waals surface area contributed by atoms with Gasteiger partial charge in [0.15, 0.2) is 11.6 Å². The molecule has 0 atom stereocenters. The van der Waals surface area contributed by atoms with Crippen LogP contribution in [0.15, 0.2) is 36.4 Å². The Morgan fingerprint density at radius 3 is 2.95 bits per heavy atom. The van der Waals surface area contributed by atoms with Gasteiger partial charge < -0.3 is 15.4 Å². The van der Waals surface area contributed by atoms with Crippen molar-refractivity contribution >= 4 is 28.9 Å². The number of para-hydroxylation sites is 1. The fraction of sp³-hybridized carbons (Fsp3) is 0.133. The van der Waals surface area contributed by atoms with Gasteiger partial charge in [0.25, 0.3) is 5.91 Å². The summed E-state index contributed by atoms with van der Waals surface area (Å²) >= 11 is 5.70. The van der Waals surface area contributed by atoms with Crippen molar-refractivity contribution in [2.75, 3.05) is 23.8 Å². The second-order valence-corrected chi connectivity index (χ2v) is 4.92. The van der Waals surface area contributed by atoms with Gasteiger partial charge in [0.05, 0.1) is 22.0 Å². The highest BCUT2D eigenvalue weighted by atomic mass is 35.5. The first-order valence-electron chi connectivity index (χ1n) is 6.42. The van der Waals surface area contributed by atoms with Crippen molar-refractivity contribution < 1.29 is 13.9 Å². The van der Waals surface area contributed by atoms with E-state index in [1.54, 1.807) is 18.2 Å². The Balaban J connectivity index is 1.91. The number of halogens is 2. The molecule has 0 bridgehead atoms. The Kier molecular flexibility index (Phi) is 3.66. The number of anilines is 2. The predicted molar refractivity (Wildman–Crippen MR) is 79.8 cm³/mol. The summed E-state index contributed by atoms with van der Waals surface area (Å²) in [7, 11) is 0. The maximum atomic E-state index is 13.8. The van der Waals surface area contributed by atoms with E-state index in [1.807, 2.05) is 6.07 Å². The standard InChI is InChI=1S/C15H12ClFN2O2/c16-10-4-2-5-11(13(10)17)19-15(20)9-3-1-6-12-14(9)21-8-7-18-12/h1-6,18H,7-8H2,(H,19,20). The lowest BCUT2D eigenvalue weighted by Crippen LogP contribution is -2.22. The molecule has 0 spiro atoms. The van der Waals surface area contributed by atoms with Gasteiger partial charge in [-0.05, 0) is 24.3 Å². The number of amides is 1. The summed E-state index contributed by atoms with van der Waals surface area (Å²) < 4.78 is 19.4. The largest absolute Gasteiger partial charge is 0.489 e. The predicted octanol–water partition coefficient (Wildman–Crippen LogP) is 3.54. The Hall–Kier alpha value is -2.27. The average molecular weight is 307 g/mol. The molecule has 1 amide bonds. The van der Waals surface area contributed by atoms with Crippen LogP contribution in [-0.4, -0.2) is 19.1 Å². The fourth-order valence-electron chi connectivity index (χ4n) is 2.14. The third-order valence-corrected chi connectivity index (χ3v) is 3.42. The maximum Gasteiger partial charge on any atom is 0.259 e. The zero-order chi connectivity index (χ0) is 14.8. The number of carbonyl (C=O) groups is 1. The summed E-state index contributed by atoms with van der Waals surface area (Å²) in [5, 5.41) is 5.61. The van der Waals surface area contributed by atoms with Crippen molar-refractivity contribution in [1.29, 1.82) is 0 Å². The molecule has 6 heteroatoms. The van der Waals surface area contributed by atoms with E-state index in [0.717, 1.165) is 5.69 Å². The Morgan fingerprint density at radius 2 is 2.10 bits per heavy atom. The van der Waals surface area contributed by atoms with Gasteiger partial charge in [-0.25, -0.2) is 4.39 Å². The molecule has 0 unspecified atom stereocenters. The molecule has 108 valence electrons. The van der Waals surface area contributed by atoms with Crippen molar-refractivity contribution in [3.8, 4) is 5.75 Å². The molecule has 2 aromatic carbocycles. The van der Waals surface area contributed by atoms with Crippen molar-refractivity contribution in [2.24, 2.45) is 0 Å². The molecule has 1 aliphatic heterocycles. The van der Waals surface area contributed by atoms with Crippen LogP contribution in [0.3, 0.4) is 0 Å². The van der Waals surface area contributed by atoms with E-state index < -0.39 is 11.7 Å². The van der Waals surface area contributed by atoms with E-state index in [9.17, 15) is 9.18 Å². The average Bonchev–Trinajstić information content (AvgIpc) is 2.51. The van der Waals surface area contributed by atoms with Gasteiger partial charge in [0, 0.05) is 6.54 Å². The monoisotopic (exact) mass is 306 g/mol. The summed E-state index contributed by atoms with van der Waals surface area (Å²) in [5.74, 6) is -0.628. The molecule has 1 aliphatic rings. The van der Waals surface area contributed by atoms with E-state index in [1.165, 1.54) is 12.1 Å². The maximum absolute atomic E-state index is 13.8. The first-order valence-corrected chi connectivity index (χ1v) is 6.79. The van der Waals surface area contributed by atoms with Crippen molar-refractivity contribution in [3.05, 3.63) is 52.8 Å². The van der Waals surface area contributed by atoms with Crippen LogP contribution in [-0.2, 0) is 0 Å². The van der Waals surface area contributed by atoms with E-state index in [0.29, 0.717) is 24.5 Å². The molecule has 0 saturated heterocycles. The zero-order valence-electron chi connectivity index (χ0n) is 11.0. The summed E-state index contributed by atoms with van der Waals surface area (Å²) in [5.41, 5.74) is 1.13. The molecule has 0 fully saturated rings. The van der Waals surface area contributed by atoms with Gasteiger partial charge in [0.2, 0.25) is 0 Å². The number of benzene rings is 2. The third kappa shape index (κ3) is 2.64. The normalized spacial score (nSPS) is 12.9. The van der Waals surface area contributed by atoms with Crippen molar-refractivity contribution in [3.63, 3.8) is 0 Å².